The summed E-state index contributed by atoms with van der Waals surface area (Å²) in [6, 6.07) is 10.4. The van der Waals surface area contributed by atoms with E-state index in [1.807, 2.05) is 41.8 Å². The van der Waals surface area contributed by atoms with Crippen LogP contribution >= 0.6 is 0 Å². The second kappa shape index (κ2) is 8.93. The van der Waals surface area contributed by atoms with Crippen molar-refractivity contribution < 1.29 is 19.5 Å². The number of likely N-dealkylation sites (tertiary alicyclic amines) is 1. The zero-order valence-corrected chi connectivity index (χ0v) is 21.4. The summed E-state index contributed by atoms with van der Waals surface area (Å²) in [6.07, 6.45) is 6.35. The number of H-pyrrole nitrogens is 1. The van der Waals surface area contributed by atoms with Gasteiger partial charge in [0.1, 0.15) is 11.4 Å². The predicted octanol–water partition coefficient (Wildman–Crippen LogP) is 4.76. The molecule has 0 saturated carbocycles. The largest absolute Gasteiger partial charge is 0.478 e. The molecule has 6 rings (SSSR count). The highest BCUT2D eigenvalue weighted by molar-refractivity contribution is 6.02. The topological polar surface area (TPSA) is 121 Å². The molecule has 0 atom stereocenters. The Morgan fingerprint density at radius 1 is 1.11 bits per heavy atom. The van der Waals surface area contributed by atoms with E-state index in [1.54, 1.807) is 24.4 Å². The molecule has 1 spiro atoms. The summed E-state index contributed by atoms with van der Waals surface area (Å²) in [6.45, 7) is 5.23. The van der Waals surface area contributed by atoms with Crippen molar-refractivity contribution in [1.29, 1.82) is 0 Å². The SMILES string of the molecule is CC(C)n1ncc2c1C(=O)CC1(CCN(C(=O)c3cc4c(-c5cccc(C(=O)O)c5)nccc4[nH]3)CC1)C2. The van der Waals surface area contributed by atoms with E-state index in [0.29, 0.717) is 36.5 Å². The highest BCUT2D eigenvalue weighted by Crippen LogP contribution is 2.44. The molecule has 9 nitrogen and oxygen atoms in total. The summed E-state index contributed by atoms with van der Waals surface area (Å²) in [4.78, 5) is 47.6. The highest BCUT2D eigenvalue weighted by atomic mass is 16.4. The number of benzene rings is 1. The lowest BCUT2D eigenvalue weighted by atomic mass is 9.67. The maximum atomic E-state index is 13.5. The Bertz CT molecular complexity index is 1590. The fourth-order valence-electron chi connectivity index (χ4n) is 6.02. The molecule has 4 aromatic rings. The predicted molar refractivity (Wildman–Crippen MR) is 141 cm³/mol. The standard InChI is InChI=1S/C29H29N5O4/c1-17(2)34-26-20(16-31-34)14-29(15-24(26)35)7-10-33(11-8-29)27(36)23-13-21-22(32-23)6-9-30-25(21)18-4-3-5-19(12-18)28(37)38/h3-6,9,12-13,16-17,32H,7-8,10-11,14-15H2,1-2H3,(H,37,38). The maximum absolute atomic E-state index is 13.5. The molecule has 2 N–H and O–H groups in total. The van der Waals surface area contributed by atoms with Crippen LogP contribution < -0.4 is 0 Å². The van der Waals surface area contributed by atoms with Crippen LogP contribution in [0.15, 0.2) is 48.8 Å². The van der Waals surface area contributed by atoms with Gasteiger partial charge >= 0.3 is 5.97 Å². The highest BCUT2D eigenvalue weighted by Gasteiger charge is 2.43. The quantitative estimate of drug-likeness (QED) is 0.408. The number of ketones is 1. The Morgan fingerprint density at radius 2 is 1.89 bits per heavy atom. The first-order valence-corrected chi connectivity index (χ1v) is 12.9. The molecular formula is C29H29N5O4. The molecule has 0 unspecified atom stereocenters. The summed E-state index contributed by atoms with van der Waals surface area (Å²) < 4.78 is 1.83. The van der Waals surface area contributed by atoms with Crippen molar-refractivity contribution in [2.45, 2.75) is 45.6 Å². The number of carbonyl (C=O) groups excluding carboxylic acids is 2. The van der Waals surface area contributed by atoms with Gasteiger partial charge < -0.3 is 15.0 Å². The number of aromatic nitrogens is 4. The van der Waals surface area contributed by atoms with E-state index in [-0.39, 0.29) is 28.7 Å². The van der Waals surface area contributed by atoms with Gasteiger partial charge in [-0.15, -0.1) is 0 Å². The average molecular weight is 512 g/mol. The van der Waals surface area contributed by atoms with E-state index in [9.17, 15) is 19.5 Å². The molecule has 1 aromatic carbocycles. The lowest BCUT2D eigenvalue weighted by Crippen LogP contribution is -2.46. The van der Waals surface area contributed by atoms with Gasteiger partial charge in [0.2, 0.25) is 0 Å². The molecule has 194 valence electrons. The first-order chi connectivity index (χ1) is 18.2. The fraction of sp³-hybridized carbons (Fsp3) is 0.345. The molecule has 3 aromatic heterocycles. The van der Waals surface area contributed by atoms with Crippen LogP contribution in [-0.2, 0) is 6.42 Å². The van der Waals surface area contributed by atoms with Crippen LogP contribution in [0.4, 0.5) is 0 Å². The van der Waals surface area contributed by atoms with E-state index in [4.69, 9.17) is 0 Å². The second-order valence-electron chi connectivity index (χ2n) is 10.8. The number of Topliss-reactive ketones (excluding diaryl/α,β-unsaturated/α-hetero) is 1. The molecule has 1 saturated heterocycles. The zero-order chi connectivity index (χ0) is 26.6. The van der Waals surface area contributed by atoms with Crippen LogP contribution in [0, 0.1) is 5.41 Å². The van der Waals surface area contributed by atoms with Crippen molar-refractivity contribution in [3.63, 3.8) is 0 Å². The minimum atomic E-state index is -1.00. The van der Waals surface area contributed by atoms with Crippen LogP contribution in [0.25, 0.3) is 22.2 Å². The molecule has 1 aliphatic heterocycles. The number of carbonyl (C=O) groups is 3. The van der Waals surface area contributed by atoms with Crippen molar-refractivity contribution in [2.24, 2.45) is 5.41 Å². The molecule has 2 aliphatic rings. The summed E-state index contributed by atoms with van der Waals surface area (Å²) in [5.41, 5.74) is 4.36. The number of nitrogens with zero attached hydrogens (tertiary/aromatic N) is 4. The van der Waals surface area contributed by atoms with E-state index < -0.39 is 5.97 Å². The Balaban J connectivity index is 1.21. The molecule has 4 heterocycles. The summed E-state index contributed by atoms with van der Waals surface area (Å²) in [5.74, 6) is -0.937. The van der Waals surface area contributed by atoms with Crippen molar-refractivity contribution >= 4 is 28.6 Å². The van der Waals surface area contributed by atoms with Gasteiger partial charge in [0, 0.05) is 53.8 Å². The van der Waals surface area contributed by atoms with Gasteiger partial charge in [0.05, 0.1) is 17.5 Å². The van der Waals surface area contributed by atoms with Crippen LogP contribution in [0.5, 0.6) is 0 Å². The first-order valence-electron chi connectivity index (χ1n) is 12.9. The summed E-state index contributed by atoms with van der Waals surface area (Å²) >= 11 is 0. The number of hydrogen-bond acceptors (Lipinski definition) is 5. The number of carboxylic acid groups (broad SMARTS) is 1. The number of aromatic carboxylic acids is 1. The van der Waals surface area contributed by atoms with Crippen molar-refractivity contribution in [3.8, 4) is 11.3 Å². The number of pyridine rings is 1. The van der Waals surface area contributed by atoms with Gasteiger partial charge in [-0.05, 0) is 62.8 Å². The normalized spacial score (nSPS) is 16.8. The lowest BCUT2D eigenvalue weighted by molar-refractivity contribution is 0.0513. The lowest BCUT2D eigenvalue weighted by Gasteiger charge is -2.43. The van der Waals surface area contributed by atoms with E-state index in [2.05, 4.69) is 15.1 Å². The number of rotatable bonds is 4. The minimum Gasteiger partial charge on any atom is -0.478 e. The van der Waals surface area contributed by atoms with Gasteiger partial charge in [-0.1, -0.05) is 12.1 Å². The number of piperidine rings is 1. The van der Waals surface area contributed by atoms with Gasteiger partial charge in [0.15, 0.2) is 5.78 Å². The Labute approximate surface area is 219 Å². The molecule has 0 bridgehead atoms. The molecule has 9 heteroatoms. The van der Waals surface area contributed by atoms with Crippen LogP contribution in [-0.4, -0.2) is 60.5 Å². The Hall–Kier alpha value is -4.27. The molecule has 1 fully saturated rings. The van der Waals surface area contributed by atoms with Crippen molar-refractivity contribution in [2.75, 3.05) is 13.1 Å². The number of hydrogen-bond donors (Lipinski definition) is 2. The number of fused-ring (bicyclic) bond motifs is 2. The fourth-order valence-corrected chi connectivity index (χ4v) is 6.02. The first kappa shape index (κ1) is 24.1. The van der Waals surface area contributed by atoms with Gasteiger partial charge in [-0.25, -0.2) is 4.79 Å². The number of aromatic amines is 1. The van der Waals surface area contributed by atoms with Crippen molar-refractivity contribution in [3.05, 3.63) is 71.3 Å². The van der Waals surface area contributed by atoms with Crippen molar-refractivity contribution in [1.82, 2.24) is 24.6 Å². The number of nitrogens with one attached hydrogen (secondary N) is 1. The van der Waals surface area contributed by atoms with E-state index >= 15 is 0 Å². The molecule has 1 amide bonds. The summed E-state index contributed by atoms with van der Waals surface area (Å²) in [5, 5.41) is 14.6. The number of carboxylic acids is 1. The van der Waals surface area contributed by atoms with E-state index in [0.717, 1.165) is 41.4 Å². The molecule has 1 aliphatic carbocycles. The maximum Gasteiger partial charge on any atom is 0.335 e. The van der Waals surface area contributed by atoms with Crippen LogP contribution in [0.2, 0.25) is 0 Å². The summed E-state index contributed by atoms with van der Waals surface area (Å²) in [7, 11) is 0. The average Bonchev–Trinajstić information content (AvgIpc) is 3.53. The smallest absolute Gasteiger partial charge is 0.335 e. The third kappa shape index (κ3) is 3.98. The van der Waals surface area contributed by atoms with Gasteiger partial charge in [0.25, 0.3) is 5.91 Å². The van der Waals surface area contributed by atoms with Crippen LogP contribution in [0.1, 0.15) is 76.1 Å². The third-order valence-corrected chi connectivity index (χ3v) is 8.00. The number of amides is 1. The monoisotopic (exact) mass is 511 g/mol. The second-order valence-corrected chi connectivity index (χ2v) is 10.8. The van der Waals surface area contributed by atoms with Crippen LogP contribution in [0.3, 0.4) is 0 Å². The Morgan fingerprint density at radius 3 is 2.63 bits per heavy atom. The molecule has 38 heavy (non-hydrogen) atoms. The Kier molecular flexibility index (Phi) is 5.66. The molecule has 0 radical (unpaired) electrons. The zero-order valence-electron chi connectivity index (χ0n) is 21.4. The van der Waals surface area contributed by atoms with Gasteiger partial charge in [-0.2, -0.15) is 5.10 Å². The molecular weight excluding hydrogens is 482 g/mol. The van der Waals surface area contributed by atoms with Gasteiger partial charge in [-0.3, -0.25) is 19.3 Å². The minimum absolute atomic E-state index is 0.0864. The van der Waals surface area contributed by atoms with E-state index in [1.165, 1.54) is 6.07 Å². The third-order valence-electron chi connectivity index (χ3n) is 8.00.